The Kier molecular flexibility index (Phi) is 36.0. The molecule has 1 atom stereocenters. The summed E-state index contributed by atoms with van der Waals surface area (Å²) in [5, 5.41) is 12.5. The lowest BCUT2D eigenvalue weighted by Gasteiger charge is -2.14. The number of nitrogens with two attached hydrogens (primary N) is 1. The van der Waals surface area contributed by atoms with Crippen LogP contribution in [0.25, 0.3) is 0 Å². The van der Waals surface area contributed by atoms with Crippen LogP contribution in [0.3, 0.4) is 0 Å². The second-order valence-corrected chi connectivity index (χ2v) is 13.4. The number of hydrogen-bond acceptors (Lipinski definition) is 3. The number of hydrogen-bond donors (Lipinski definition) is 3. The lowest BCUT2D eigenvalue weighted by Crippen LogP contribution is -2.37. The molecule has 0 aromatic carbocycles. The van der Waals surface area contributed by atoms with Gasteiger partial charge in [0.25, 0.3) is 0 Å². The van der Waals surface area contributed by atoms with E-state index in [0.717, 1.165) is 25.8 Å². The van der Waals surface area contributed by atoms with Crippen molar-refractivity contribution in [3.05, 3.63) is 0 Å². The van der Waals surface area contributed by atoms with Gasteiger partial charge in [-0.2, -0.15) is 0 Å². The molecule has 252 valence electrons. The normalized spacial score (nSPS) is 12.2. The highest BCUT2D eigenvalue weighted by Crippen LogP contribution is 2.16. The summed E-state index contributed by atoms with van der Waals surface area (Å²) in [4.78, 5) is 11.3. The van der Waals surface area contributed by atoms with Crippen molar-refractivity contribution >= 4 is 5.97 Å². The van der Waals surface area contributed by atoms with Gasteiger partial charge in [0.05, 0.1) is 0 Å². The molecule has 0 fully saturated rings. The molecule has 0 aliphatic rings. The molecule has 4 N–H and O–H groups in total. The van der Waals surface area contributed by atoms with Crippen LogP contribution in [0.4, 0.5) is 0 Å². The largest absolute Gasteiger partial charge is 0.480 e. The molecule has 0 spiro atoms. The van der Waals surface area contributed by atoms with E-state index in [4.69, 9.17) is 5.73 Å². The number of carboxylic acid groups (broad SMARTS) is 1. The van der Waals surface area contributed by atoms with Gasteiger partial charge in [0.1, 0.15) is 6.04 Å². The molecule has 4 nitrogen and oxygen atoms in total. The van der Waals surface area contributed by atoms with Crippen LogP contribution in [0.2, 0.25) is 0 Å². The topological polar surface area (TPSA) is 75.3 Å². The highest BCUT2D eigenvalue weighted by atomic mass is 16.4. The van der Waals surface area contributed by atoms with Crippen molar-refractivity contribution in [3.63, 3.8) is 0 Å². The van der Waals surface area contributed by atoms with Gasteiger partial charge in [-0.3, -0.25) is 4.79 Å². The van der Waals surface area contributed by atoms with E-state index >= 15 is 0 Å². The molecular formula is C38H78N2O2. The van der Waals surface area contributed by atoms with E-state index in [1.165, 1.54) is 186 Å². The summed E-state index contributed by atoms with van der Waals surface area (Å²) in [6.45, 7) is 3.76. The molecule has 0 saturated carbocycles. The number of rotatable bonds is 37. The zero-order valence-electron chi connectivity index (χ0n) is 28.8. The Labute approximate surface area is 264 Å². The molecule has 0 aliphatic heterocycles. The zero-order valence-corrected chi connectivity index (χ0v) is 28.8. The van der Waals surface area contributed by atoms with Gasteiger partial charge < -0.3 is 16.2 Å². The van der Waals surface area contributed by atoms with Crippen molar-refractivity contribution in [2.45, 2.75) is 225 Å². The second-order valence-electron chi connectivity index (χ2n) is 13.4. The Morgan fingerprint density at radius 2 is 0.762 bits per heavy atom. The van der Waals surface area contributed by atoms with E-state index in [2.05, 4.69) is 12.2 Å². The lowest BCUT2D eigenvalue weighted by atomic mass is 10.0. The first kappa shape index (κ1) is 41.4. The monoisotopic (exact) mass is 595 g/mol. The summed E-state index contributed by atoms with van der Waals surface area (Å²) < 4.78 is 0. The zero-order chi connectivity index (χ0) is 30.6. The highest BCUT2D eigenvalue weighted by molar-refractivity contribution is 5.73. The van der Waals surface area contributed by atoms with Crippen molar-refractivity contribution in [2.75, 3.05) is 13.1 Å². The molecule has 0 amide bonds. The third-order valence-electron chi connectivity index (χ3n) is 9.17. The molecule has 0 heterocycles. The van der Waals surface area contributed by atoms with Gasteiger partial charge in [-0.05, 0) is 32.4 Å². The fraction of sp³-hybridized carbons (Fsp3) is 0.974. The number of carboxylic acids is 1. The predicted molar refractivity (Wildman–Crippen MR) is 187 cm³/mol. The minimum atomic E-state index is -0.724. The summed E-state index contributed by atoms with van der Waals surface area (Å²) in [7, 11) is 0. The second kappa shape index (κ2) is 36.6. The van der Waals surface area contributed by atoms with Gasteiger partial charge in [-0.25, -0.2) is 0 Å². The Bertz CT molecular complexity index is 513. The molecule has 0 aromatic heterocycles. The molecule has 0 rings (SSSR count). The summed E-state index contributed by atoms with van der Waals surface area (Å²) in [6, 6.07) is -0.403. The lowest BCUT2D eigenvalue weighted by molar-refractivity contribution is -0.139. The maximum Gasteiger partial charge on any atom is 0.320 e. The minimum Gasteiger partial charge on any atom is -0.480 e. The first-order valence-corrected chi connectivity index (χ1v) is 19.4. The molecule has 0 saturated heterocycles. The van der Waals surface area contributed by atoms with Gasteiger partial charge in [0, 0.05) is 0 Å². The third-order valence-corrected chi connectivity index (χ3v) is 9.17. The maximum absolute atomic E-state index is 11.3. The predicted octanol–water partition coefficient (Wildman–Crippen LogP) is 11.9. The summed E-state index contributed by atoms with van der Waals surface area (Å²) in [6.07, 6.45) is 45.1. The Balaban J connectivity index is 3.15. The summed E-state index contributed by atoms with van der Waals surface area (Å²) in [5.74, 6) is -0.724. The molecule has 0 radical (unpaired) electrons. The van der Waals surface area contributed by atoms with Gasteiger partial charge in [-0.1, -0.05) is 200 Å². The standard InChI is InChI=1S/C38H78N2O2/c1-2-3-4-5-6-7-8-9-10-11-12-13-14-15-16-17-18-19-20-21-22-23-24-25-26-27-28-29-30-33-36-40-37(38(41)42)34-31-32-35-39/h37,40H,2-36,39H2,1H3,(H,41,42). The average molecular weight is 595 g/mol. The Morgan fingerprint density at radius 1 is 0.476 bits per heavy atom. The Morgan fingerprint density at radius 3 is 1.02 bits per heavy atom. The van der Waals surface area contributed by atoms with Crippen molar-refractivity contribution in [1.82, 2.24) is 5.32 Å². The van der Waals surface area contributed by atoms with Gasteiger partial charge in [0.15, 0.2) is 0 Å². The number of carbonyl (C=O) groups is 1. The van der Waals surface area contributed by atoms with E-state index in [0.29, 0.717) is 13.0 Å². The highest BCUT2D eigenvalue weighted by Gasteiger charge is 2.15. The van der Waals surface area contributed by atoms with Crippen LogP contribution >= 0.6 is 0 Å². The van der Waals surface area contributed by atoms with Crippen LogP contribution in [-0.4, -0.2) is 30.2 Å². The van der Waals surface area contributed by atoms with Crippen LogP contribution in [0.1, 0.15) is 219 Å². The molecule has 1 unspecified atom stereocenters. The minimum absolute atomic E-state index is 0.403. The first-order chi connectivity index (χ1) is 20.7. The van der Waals surface area contributed by atoms with Crippen LogP contribution in [0.15, 0.2) is 0 Å². The average Bonchev–Trinajstić information content (AvgIpc) is 2.99. The van der Waals surface area contributed by atoms with Crippen LogP contribution < -0.4 is 11.1 Å². The van der Waals surface area contributed by atoms with E-state index in [9.17, 15) is 9.90 Å². The Hall–Kier alpha value is -0.610. The summed E-state index contributed by atoms with van der Waals surface area (Å²) >= 11 is 0. The molecule has 0 aromatic rings. The maximum atomic E-state index is 11.3. The molecule has 4 heteroatoms. The first-order valence-electron chi connectivity index (χ1n) is 19.4. The fourth-order valence-electron chi connectivity index (χ4n) is 6.23. The van der Waals surface area contributed by atoms with Crippen LogP contribution in [-0.2, 0) is 4.79 Å². The van der Waals surface area contributed by atoms with Gasteiger partial charge >= 0.3 is 5.97 Å². The number of aliphatic carboxylic acids is 1. The van der Waals surface area contributed by atoms with E-state index < -0.39 is 12.0 Å². The third kappa shape index (κ3) is 33.9. The number of nitrogens with one attached hydrogen (secondary N) is 1. The van der Waals surface area contributed by atoms with Crippen molar-refractivity contribution in [1.29, 1.82) is 0 Å². The van der Waals surface area contributed by atoms with Crippen LogP contribution in [0, 0.1) is 0 Å². The van der Waals surface area contributed by atoms with Crippen molar-refractivity contribution in [3.8, 4) is 0 Å². The quantitative estimate of drug-likeness (QED) is 0.0625. The molecule has 0 bridgehead atoms. The SMILES string of the molecule is CCCCCCCCCCCCCCCCCCCCCCCCCCCCCCCCNC(CCCCN)C(=O)O. The van der Waals surface area contributed by atoms with Crippen LogP contribution in [0.5, 0.6) is 0 Å². The fourth-order valence-corrected chi connectivity index (χ4v) is 6.23. The van der Waals surface area contributed by atoms with E-state index in [1.807, 2.05) is 0 Å². The van der Waals surface area contributed by atoms with Gasteiger partial charge in [0.2, 0.25) is 0 Å². The van der Waals surface area contributed by atoms with E-state index in [1.54, 1.807) is 0 Å². The van der Waals surface area contributed by atoms with Gasteiger partial charge in [-0.15, -0.1) is 0 Å². The summed E-state index contributed by atoms with van der Waals surface area (Å²) in [5.41, 5.74) is 5.50. The smallest absolute Gasteiger partial charge is 0.320 e. The number of unbranched alkanes of at least 4 members (excludes halogenated alkanes) is 30. The molecule has 42 heavy (non-hydrogen) atoms. The van der Waals surface area contributed by atoms with Crippen molar-refractivity contribution < 1.29 is 9.90 Å². The van der Waals surface area contributed by atoms with Crippen molar-refractivity contribution in [2.24, 2.45) is 5.73 Å². The molecule has 0 aliphatic carbocycles. The van der Waals surface area contributed by atoms with E-state index in [-0.39, 0.29) is 0 Å². The molecular weight excluding hydrogens is 516 g/mol.